The Balaban J connectivity index is 1.41. The minimum absolute atomic E-state index is 0.0298. The third-order valence-electron chi connectivity index (χ3n) is 4.02. The highest BCUT2D eigenvalue weighted by atomic mass is 16.2. The van der Waals surface area contributed by atoms with Crippen molar-refractivity contribution in [1.29, 1.82) is 0 Å². The first-order valence-corrected chi connectivity index (χ1v) is 7.57. The highest BCUT2D eigenvalue weighted by Crippen LogP contribution is 2.29. The van der Waals surface area contributed by atoms with Crippen LogP contribution in [0.4, 0.5) is 5.95 Å². The van der Waals surface area contributed by atoms with Crippen molar-refractivity contribution in [1.82, 2.24) is 20.2 Å². The molecule has 0 unspecified atom stereocenters. The van der Waals surface area contributed by atoms with Crippen molar-refractivity contribution in [3.8, 4) is 0 Å². The fourth-order valence-corrected chi connectivity index (χ4v) is 2.61. The number of amides is 1. The van der Waals surface area contributed by atoms with Gasteiger partial charge in [-0.15, -0.1) is 5.10 Å². The van der Waals surface area contributed by atoms with Crippen LogP contribution < -0.4 is 5.32 Å². The Morgan fingerprint density at radius 1 is 1.27 bits per heavy atom. The minimum atomic E-state index is 0.0298. The number of benzene rings is 1. The molecule has 1 aliphatic rings. The maximum absolute atomic E-state index is 11.7. The summed E-state index contributed by atoms with van der Waals surface area (Å²) < 4.78 is 0. The summed E-state index contributed by atoms with van der Waals surface area (Å²) >= 11 is 0. The number of para-hydroxylation sites is 1. The number of H-pyrrole nitrogens is 2. The van der Waals surface area contributed by atoms with Crippen LogP contribution in [0.5, 0.6) is 0 Å². The van der Waals surface area contributed by atoms with Crippen molar-refractivity contribution >= 4 is 22.8 Å². The molecular weight excluding hydrogens is 278 g/mol. The van der Waals surface area contributed by atoms with E-state index in [0.29, 0.717) is 5.95 Å². The van der Waals surface area contributed by atoms with E-state index in [1.54, 1.807) is 0 Å². The number of carbonyl (C=O) groups excluding carboxylic acids is 1. The van der Waals surface area contributed by atoms with Gasteiger partial charge < -0.3 is 4.98 Å². The molecule has 0 spiro atoms. The highest BCUT2D eigenvalue weighted by Gasteiger charge is 2.30. The van der Waals surface area contributed by atoms with Crippen molar-refractivity contribution in [2.45, 2.75) is 25.7 Å². The third-order valence-corrected chi connectivity index (χ3v) is 4.02. The van der Waals surface area contributed by atoms with Gasteiger partial charge in [-0.2, -0.15) is 4.98 Å². The molecular formula is C16H17N5O. The van der Waals surface area contributed by atoms with Gasteiger partial charge in [0, 0.05) is 29.4 Å². The average molecular weight is 295 g/mol. The monoisotopic (exact) mass is 295 g/mol. The van der Waals surface area contributed by atoms with Gasteiger partial charge in [-0.05, 0) is 30.9 Å². The molecule has 1 amide bonds. The van der Waals surface area contributed by atoms with E-state index in [1.165, 1.54) is 10.9 Å². The lowest BCUT2D eigenvalue weighted by Gasteiger charge is -1.97. The molecule has 1 fully saturated rings. The number of aromatic nitrogens is 4. The number of hydrogen-bond donors (Lipinski definition) is 3. The predicted octanol–water partition coefficient (Wildman–Crippen LogP) is 2.42. The standard InChI is InChI=1S/C16H17N5O/c22-15(10-5-6-10)19-16-18-14(20-21-16)8-7-11-9-17-13-4-2-1-3-12(11)13/h1-4,9-10,17H,5-8H2,(H2,18,19,20,21,22). The van der Waals surface area contributed by atoms with Crippen molar-refractivity contribution in [3.05, 3.63) is 41.9 Å². The summed E-state index contributed by atoms with van der Waals surface area (Å²) in [6.45, 7) is 0. The lowest BCUT2D eigenvalue weighted by Crippen LogP contribution is -2.14. The third kappa shape index (κ3) is 2.59. The van der Waals surface area contributed by atoms with Gasteiger partial charge in [0.15, 0.2) is 0 Å². The van der Waals surface area contributed by atoms with Crippen LogP contribution in [0.2, 0.25) is 0 Å². The van der Waals surface area contributed by atoms with Crippen molar-refractivity contribution in [2.24, 2.45) is 5.92 Å². The maximum Gasteiger partial charge on any atom is 0.248 e. The summed E-state index contributed by atoms with van der Waals surface area (Å²) in [7, 11) is 0. The second-order valence-electron chi connectivity index (χ2n) is 5.73. The average Bonchev–Trinajstić information content (AvgIpc) is 3.17. The van der Waals surface area contributed by atoms with Gasteiger partial charge in [-0.25, -0.2) is 0 Å². The molecule has 112 valence electrons. The van der Waals surface area contributed by atoms with Crippen LogP contribution in [0.3, 0.4) is 0 Å². The molecule has 0 radical (unpaired) electrons. The van der Waals surface area contributed by atoms with Crippen LogP contribution in [-0.2, 0) is 17.6 Å². The SMILES string of the molecule is O=C(Nc1n[nH]c(CCc2c[nH]c3ccccc23)n1)C1CC1. The number of rotatable bonds is 5. The van der Waals surface area contributed by atoms with E-state index in [1.807, 2.05) is 18.3 Å². The molecule has 6 heteroatoms. The van der Waals surface area contributed by atoms with Crippen molar-refractivity contribution in [3.63, 3.8) is 0 Å². The van der Waals surface area contributed by atoms with Crippen molar-refractivity contribution in [2.75, 3.05) is 5.32 Å². The molecule has 4 rings (SSSR count). The second kappa shape index (κ2) is 5.29. The van der Waals surface area contributed by atoms with E-state index < -0.39 is 0 Å². The number of nitrogens with one attached hydrogen (secondary N) is 3. The smallest absolute Gasteiger partial charge is 0.248 e. The number of carbonyl (C=O) groups is 1. The minimum Gasteiger partial charge on any atom is -0.361 e. The van der Waals surface area contributed by atoms with E-state index in [2.05, 4.69) is 37.6 Å². The molecule has 0 saturated heterocycles. The van der Waals surface area contributed by atoms with E-state index in [-0.39, 0.29) is 11.8 Å². The molecule has 0 aliphatic heterocycles. The molecule has 22 heavy (non-hydrogen) atoms. The Kier molecular flexibility index (Phi) is 3.14. The van der Waals surface area contributed by atoms with Gasteiger partial charge in [0.2, 0.25) is 11.9 Å². The second-order valence-corrected chi connectivity index (χ2v) is 5.73. The van der Waals surface area contributed by atoms with Crippen LogP contribution in [0.25, 0.3) is 10.9 Å². The van der Waals surface area contributed by atoms with Gasteiger partial charge >= 0.3 is 0 Å². The van der Waals surface area contributed by atoms with Crippen LogP contribution in [0.15, 0.2) is 30.5 Å². The summed E-state index contributed by atoms with van der Waals surface area (Å²) in [6.07, 6.45) is 5.62. The number of fused-ring (bicyclic) bond motifs is 1. The van der Waals surface area contributed by atoms with Gasteiger partial charge in [0.25, 0.3) is 0 Å². The first kappa shape index (κ1) is 13.1. The topological polar surface area (TPSA) is 86.5 Å². The molecule has 6 nitrogen and oxygen atoms in total. The summed E-state index contributed by atoms with van der Waals surface area (Å²) in [6, 6.07) is 8.25. The Hall–Kier alpha value is -2.63. The summed E-state index contributed by atoms with van der Waals surface area (Å²) in [5, 5.41) is 10.9. The fraction of sp³-hybridized carbons (Fsp3) is 0.312. The van der Waals surface area contributed by atoms with Crippen LogP contribution >= 0.6 is 0 Å². The molecule has 2 heterocycles. The first-order valence-electron chi connectivity index (χ1n) is 7.57. The lowest BCUT2D eigenvalue weighted by molar-refractivity contribution is -0.117. The van der Waals surface area contributed by atoms with Gasteiger partial charge in [-0.1, -0.05) is 18.2 Å². The molecule has 1 aromatic carbocycles. The molecule has 0 bridgehead atoms. The molecule has 2 aromatic heterocycles. The number of nitrogens with zero attached hydrogens (tertiary/aromatic N) is 2. The normalized spacial score (nSPS) is 14.4. The summed E-state index contributed by atoms with van der Waals surface area (Å²) in [4.78, 5) is 19.3. The predicted molar refractivity (Wildman–Crippen MR) is 83.4 cm³/mol. The van der Waals surface area contributed by atoms with E-state index in [0.717, 1.165) is 37.0 Å². The number of anilines is 1. The first-order chi connectivity index (χ1) is 10.8. The van der Waals surface area contributed by atoms with Crippen molar-refractivity contribution < 1.29 is 4.79 Å². The molecule has 0 atom stereocenters. The highest BCUT2D eigenvalue weighted by molar-refractivity contribution is 5.92. The van der Waals surface area contributed by atoms with E-state index in [4.69, 9.17) is 0 Å². The van der Waals surface area contributed by atoms with Crippen LogP contribution in [-0.4, -0.2) is 26.1 Å². The Morgan fingerprint density at radius 2 is 2.14 bits per heavy atom. The number of aryl methyl sites for hydroxylation is 2. The lowest BCUT2D eigenvalue weighted by atomic mass is 10.1. The zero-order chi connectivity index (χ0) is 14.9. The zero-order valence-corrected chi connectivity index (χ0v) is 12.1. The molecule has 1 saturated carbocycles. The summed E-state index contributed by atoms with van der Waals surface area (Å²) in [5.41, 5.74) is 2.41. The van der Waals surface area contributed by atoms with E-state index >= 15 is 0 Å². The zero-order valence-electron chi connectivity index (χ0n) is 12.1. The largest absolute Gasteiger partial charge is 0.361 e. The molecule has 3 aromatic rings. The maximum atomic E-state index is 11.7. The van der Waals surface area contributed by atoms with Gasteiger partial charge in [0.05, 0.1) is 0 Å². The van der Waals surface area contributed by atoms with Crippen LogP contribution in [0, 0.1) is 5.92 Å². The molecule has 1 aliphatic carbocycles. The quantitative estimate of drug-likeness (QED) is 0.675. The number of hydrogen-bond acceptors (Lipinski definition) is 3. The fourth-order valence-electron chi connectivity index (χ4n) is 2.61. The van der Waals surface area contributed by atoms with E-state index in [9.17, 15) is 4.79 Å². The Labute approximate surface area is 127 Å². The molecule has 3 N–H and O–H groups in total. The Bertz CT molecular complexity index is 815. The van der Waals surface area contributed by atoms with Crippen LogP contribution in [0.1, 0.15) is 24.2 Å². The van der Waals surface area contributed by atoms with Gasteiger partial charge in [-0.3, -0.25) is 15.2 Å². The van der Waals surface area contributed by atoms with Gasteiger partial charge in [0.1, 0.15) is 5.82 Å². The number of aromatic amines is 2. The summed E-state index contributed by atoms with van der Waals surface area (Å²) in [5.74, 6) is 1.36. The Morgan fingerprint density at radius 3 is 3.00 bits per heavy atom.